The molecule has 0 spiro atoms. The number of nitrogens with two attached hydrogens (primary N) is 1. The minimum Gasteiger partial charge on any atom is -0.324 e. The molecule has 19 heavy (non-hydrogen) atoms. The van der Waals surface area contributed by atoms with Crippen LogP contribution in [0.25, 0.3) is 0 Å². The lowest BCUT2D eigenvalue weighted by Gasteiger charge is -2.10. The van der Waals surface area contributed by atoms with Crippen LogP contribution in [0.5, 0.6) is 0 Å². The molecule has 1 heterocycles. The van der Waals surface area contributed by atoms with Crippen molar-refractivity contribution in [1.82, 2.24) is 20.2 Å². The fraction of sp³-hybridized carbons (Fsp3) is 0.417. The molecule has 1 aliphatic carbocycles. The zero-order chi connectivity index (χ0) is 13.4. The number of tetrazole rings is 1. The van der Waals surface area contributed by atoms with E-state index < -0.39 is 0 Å². The Kier molecular flexibility index (Phi) is 3.60. The smallest absolute Gasteiger partial charge is 0.214 e. The van der Waals surface area contributed by atoms with E-state index in [1.165, 1.54) is 12.8 Å². The Hall–Kier alpha value is -0.920. The van der Waals surface area contributed by atoms with Crippen molar-refractivity contribution in [2.24, 2.45) is 5.73 Å². The van der Waals surface area contributed by atoms with Gasteiger partial charge >= 0.3 is 0 Å². The Balaban J connectivity index is 1.83. The number of nitrogens with zero attached hydrogens (tertiary/aromatic N) is 4. The first-order valence-electron chi connectivity index (χ1n) is 6.16. The van der Waals surface area contributed by atoms with Crippen LogP contribution in [0, 0.1) is 0 Å². The number of benzene rings is 1. The highest BCUT2D eigenvalue weighted by molar-refractivity contribution is 9.10. The molecule has 0 bridgehead atoms. The largest absolute Gasteiger partial charge is 0.324 e. The van der Waals surface area contributed by atoms with Crippen LogP contribution in [-0.2, 0) is 0 Å². The van der Waals surface area contributed by atoms with E-state index in [4.69, 9.17) is 5.73 Å². The van der Waals surface area contributed by atoms with Gasteiger partial charge < -0.3 is 5.73 Å². The molecular formula is C12H14BrN5S. The van der Waals surface area contributed by atoms with Crippen LogP contribution in [0.15, 0.2) is 32.7 Å². The van der Waals surface area contributed by atoms with Gasteiger partial charge in [0.1, 0.15) is 0 Å². The fourth-order valence-electron chi connectivity index (χ4n) is 1.85. The van der Waals surface area contributed by atoms with E-state index in [0.717, 1.165) is 20.1 Å². The monoisotopic (exact) mass is 339 g/mol. The minimum atomic E-state index is 0.0187. The van der Waals surface area contributed by atoms with Gasteiger partial charge in [-0.3, -0.25) is 0 Å². The van der Waals surface area contributed by atoms with Gasteiger partial charge in [-0.2, -0.15) is 0 Å². The molecule has 2 N–H and O–H groups in total. The van der Waals surface area contributed by atoms with Crippen LogP contribution >= 0.6 is 27.7 Å². The highest BCUT2D eigenvalue weighted by Crippen LogP contribution is 2.38. The Labute approximate surface area is 124 Å². The molecular weight excluding hydrogens is 326 g/mol. The number of hydrogen-bond acceptors (Lipinski definition) is 5. The lowest BCUT2D eigenvalue weighted by atomic mass is 10.1. The summed E-state index contributed by atoms with van der Waals surface area (Å²) >= 11 is 5.14. The van der Waals surface area contributed by atoms with Crippen molar-refractivity contribution in [3.63, 3.8) is 0 Å². The van der Waals surface area contributed by atoms with Crippen LogP contribution in [0.1, 0.15) is 37.4 Å². The molecule has 1 aliphatic rings. The predicted octanol–water partition coefficient (Wildman–Crippen LogP) is 2.94. The van der Waals surface area contributed by atoms with Crippen molar-refractivity contribution < 1.29 is 0 Å². The average molecular weight is 340 g/mol. The van der Waals surface area contributed by atoms with Crippen LogP contribution < -0.4 is 5.73 Å². The first-order chi connectivity index (χ1) is 9.15. The van der Waals surface area contributed by atoms with Crippen molar-refractivity contribution in [3.05, 3.63) is 28.2 Å². The summed E-state index contributed by atoms with van der Waals surface area (Å²) in [6.07, 6.45) is 2.35. The molecule has 3 rings (SSSR count). The molecule has 0 radical (unpaired) electrons. The number of halogens is 1. The summed E-state index contributed by atoms with van der Waals surface area (Å²) in [6, 6.07) is 6.67. The van der Waals surface area contributed by atoms with Gasteiger partial charge in [-0.15, -0.1) is 5.10 Å². The van der Waals surface area contributed by atoms with Crippen molar-refractivity contribution >= 4 is 27.7 Å². The van der Waals surface area contributed by atoms with Crippen LogP contribution in [0.4, 0.5) is 0 Å². The van der Waals surface area contributed by atoms with Crippen molar-refractivity contribution in [1.29, 1.82) is 0 Å². The van der Waals surface area contributed by atoms with E-state index >= 15 is 0 Å². The highest BCUT2D eigenvalue weighted by atomic mass is 79.9. The van der Waals surface area contributed by atoms with E-state index in [0.29, 0.717) is 6.04 Å². The molecule has 1 aromatic carbocycles. The van der Waals surface area contributed by atoms with Gasteiger partial charge in [0.2, 0.25) is 5.16 Å². The maximum atomic E-state index is 5.90. The molecule has 5 nitrogen and oxygen atoms in total. The summed E-state index contributed by atoms with van der Waals surface area (Å²) in [5, 5.41) is 12.7. The summed E-state index contributed by atoms with van der Waals surface area (Å²) in [6.45, 7) is 1.97. The van der Waals surface area contributed by atoms with Crippen molar-refractivity contribution in [2.75, 3.05) is 0 Å². The molecule has 100 valence electrons. The second-order valence-corrected chi connectivity index (χ2v) is 6.61. The van der Waals surface area contributed by atoms with E-state index in [2.05, 4.69) is 43.6 Å². The van der Waals surface area contributed by atoms with Crippen LogP contribution in [-0.4, -0.2) is 20.2 Å². The molecule has 1 fully saturated rings. The van der Waals surface area contributed by atoms with E-state index in [9.17, 15) is 0 Å². The lowest BCUT2D eigenvalue weighted by Crippen LogP contribution is -2.05. The van der Waals surface area contributed by atoms with Crippen LogP contribution in [0.3, 0.4) is 0 Å². The zero-order valence-electron chi connectivity index (χ0n) is 10.5. The topological polar surface area (TPSA) is 69.6 Å². The average Bonchev–Trinajstić information content (AvgIpc) is 3.10. The van der Waals surface area contributed by atoms with Crippen molar-refractivity contribution in [2.45, 2.75) is 41.9 Å². The maximum absolute atomic E-state index is 5.90. The SMILES string of the molecule is C[C@H](N)c1ccc(Sc2nnnn2C2CC2)cc1Br. The number of rotatable bonds is 4. The third kappa shape index (κ3) is 2.82. The maximum Gasteiger partial charge on any atom is 0.214 e. The zero-order valence-corrected chi connectivity index (χ0v) is 12.9. The van der Waals surface area contributed by atoms with Gasteiger partial charge in [0, 0.05) is 15.4 Å². The predicted molar refractivity (Wildman–Crippen MR) is 77.0 cm³/mol. The van der Waals surface area contributed by atoms with E-state index in [-0.39, 0.29) is 6.04 Å². The Morgan fingerprint density at radius 3 is 2.89 bits per heavy atom. The summed E-state index contributed by atoms with van der Waals surface area (Å²) in [5.74, 6) is 0. The molecule has 0 unspecified atom stereocenters. The van der Waals surface area contributed by atoms with E-state index in [1.807, 2.05) is 17.7 Å². The molecule has 1 aromatic heterocycles. The first-order valence-corrected chi connectivity index (χ1v) is 7.77. The summed E-state index contributed by atoms with van der Waals surface area (Å²) in [7, 11) is 0. The third-order valence-electron chi connectivity index (χ3n) is 3.03. The highest BCUT2D eigenvalue weighted by Gasteiger charge is 2.28. The second-order valence-electron chi connectivity index (χ2n) is 4.71. The summed E-state index contributed by atoms with van der Waals surface area (Å²) in [5.41, 5.74) is 7.00. The molecule has 2 aromatic rings. The molecule has 7 heteroatoms. The molecule has 0 saturated heterocycles. The van der Waals surface area contributed by atoms with E-state index in [1.54, 1.807) is 11.8 Å². The van der Waals surface area contributed by atoms with Gasteiger partial charge in [0.05, 0.1) is 6.04 Å². The standard InChI is InChI=1S/C12H14BrN5S/c1-7(14)10-5-4-9(6-11(10)13)19-12-15-16-17-18(12)8-2-3-8/h4-8H,2-3,14H2,1H3/t7-/m0/s1. The Bertz CT molecular complexity index is 594. The lowest BCUT2D eigenvalue weighted by molar-refractivity contribution is 0.565. The molecule has 0 amide bonds. The Morgan fingerprint density at radius 1 is 1.47 bits per heavy atom. The number of hydrogen-bond donors (Lipinski definition) is 1. The van der Waals surface area contributed by atoms with Gasteiger partial charge in [0.25, 0.3) is 0 Å². The third-order valence-corrected chi connectivity index (χ3v) is 4.65. The Morgan fingerprint density at radius 2 is 2.26 bits per heavy atom. The minimum absolute atomic E-state index is 0.0187. The fourth-order valence-corrected chi connectivity index (χ4v) is 3.62. The van der Waals surface area contributed by atoms with Gasteiger partial charge in [-0.05, 0) is 59.7 Å². The molecule has 0 aliphatic heterocycles. The van der Waals surface area contributed by atoms with Gasteiger partial charge in [-0.25, -0.2) is 4.68 Å². The second kappa shape index (κ2) is 5.22. The summed E-state index contributed by atoms with van der Waals surface area (Å²) < 4.78 is 2.94. The van der Waals surface area contributed by atoms with Gasteiger partial charge in [-0.1, -0.05) is 22.0 Å². The first kappa shape index (κ1) is 13.1. The summed E-state index contributed by atoms with van der Waals surface area (Å²) in [4.78, 5) is 1.10. The normalized spacial score (nSPS) is 16.6. The van der Waals surface area contributed by atoms with Gasteiger partial charge in [0.15, 0.2) is 0 Å². The quantitative estimate of drug-likeness (QED) is 0.927. The molecule has 1 saturated carbocycles. The molecule has 1 atom stereocenters. The number of aromatic nitrogens is 4. The van der Waals surface area contributed by atoms with Crippen molar-refractivity contribution in [3.8, 4) is 0 Å². The van der Waals surface area contributed by atoms with Crippen LogP contribution in [0.2, 0.25) is 0 Å².